The van der Waals surface area contributed by atoms with Gasteiger partial charge in [-0.1, -0.05) is 12.1 Å². The van der Waals surface area contributed by atoms with E-state index in [4.69, 9.17) is 4.74 Å². The molecule has 0 spiro atoms. The second-order valence-electron chi connectivity index (χ2n) is 3.20. The summed E-state index contributed by atoms with van der Waals surface area (Å²) in [6.45, 7) is 0.269. The molecule has 0 atom stereocenters. The second kappa shape index (κ2) is 4.57. The third kappa shape index (κ3) is 2.66. The molecule has 0 unspecified atom stereocenters. The maximum atomic E-state index is 12.6. The van der Waals surface area contributed by atoms with E-state index in [1.54, 1.807) is 12.1 Å². The van der Waals surface area contributed by atoms with E-state index in [2.05, 4.69) is 10.2 Å². The zero-order chi connectivity index (χ0) is 11.4. The Morgan fingerprint density at radius 2 is 2.06 bits per heavy atom. The minimum absolute atomic E-state index is 0.269. The number of ether oxygens (including phenoxy) is 1. The number of nitrogens with one attached hydrogen (secondary N) is 1. The highest BCUT2D eigenvalue weighted by Crippen LogP contribution is 2.08. The van der Waals surface area contributed by atoms with E-state index >= 15 is 0 Å². The van der Waals surface area contributed by atoms with E-state index in [0.717, 1.165) is 5.56 Å². The van der Waals surface area contributed by atoms with Crippen LogP contribution in [0.1, 0.15) is 5.56 Å². The van der Waals surface area contributed by atoms with Crippen LogP contribution in [-0.2, 0) is 6.61 Å². The molecule has 1 aromatic carbocycles. The third-order valence-electron chi connectivity index (χ3n) is 1.96. The van der Waals surface area contributed by atoms with E-state index in [9.17, 15) is 9.18 Å². The zero-order valence-electron chi connectivity index (χ0n) is 8.31. The lowest BCUT2D eigenvalue weighted by molar-refractivity contribution is 0.303. The predicted octanol–water partition coefficient (Wildman–Crippen LogP) is 1.49. The Hall–Kier alpha value is -2.17. The van der Waals surface area contributed by atoms with Crippen LogP contribution in [0.5, 0.6) is 5.75 Å². The van der Waals surface area contributed by atoms with Gasteiger partial charge in [-0.25, -0.2) is 9.49 Å². The van der Waals surface area contributed by atoms with Crippen LogP contribution in [0.4, 0.5) is 4.39 Å². The number of benzene rings is 1. The van der Waals surface area contributed by atoms with Crippen molar-refractivity contribution in [2.45, 2.75) is 6.61 Å². The first-order chi connectivity index (χ1) is 7.74. The van der Waals surface area contributed by atoms with Crippen molar-refractivity contribution < 1.29 is 9.13 Å². The van der Waals surface area contributed by atoms with Gasteiger partial charge >= 0.3 is 0 Å². The first-order valence-corrected chi connectivity index (χ1v) is 4.66. The van der Waals surface area contributed by atoms with E-state index in [0.29, 0.717) is 5.75 Å². The Morgan fingerprint density at radius 3 is 2.75 bits per heavy atom. The van der Waals surface area contributed by atoms with Crippen LogP contribution in [0, 0.1) is 5.82 Å². The van der Waals surface area contributed by atoms with E-state index in [1.807, 2.05) is 0 Å². The largest absolute Gasteiger partial charge is 0.487 e. The van der Waals surface area contributed by atoms with Crippen molar-refractivity contribution in [1.29, 1.82) is 0 Å². The van der Waals surface area contributed by atoms with Crippen molar-refractivity contribution >= 4 is 0 Å². The molecule has 5 heteroatoms. The molecule has 1 N–H and O–H groups in total. The van der Waals surface area contributed by atoms with Gasteiger partial charge in [0.05, 0.1) is 6.20 Å². The quantitative estimate of drug-likeness (QED) is 0.852. The standard InChI is InChI=1S/C11H9FN2O2/c12-9-3-1-8(2-4-9)7-16-10-5-11(15)14-13-6-10/h1-6H,7H2,(H,14,15). The number of halogens is 1. The van der Waals surface area contributed by atoms with E-state index in [1.165, 1.54) is 24.4 Å². The molecule has 0 amide bonds. The van der Waals surface area contributed by atoms with Crippen molar-refractivity contribution in [3.8, 4) is 5.75 Å². The summed E-state index contributed by atoms with van der Waals surface area (Å²) in [5.41, 5.74) is 0.498. The molecule has 0 radical (unpaired) electrons. The van der Waals surface area contributed by atoms with Crippen LogP contribution < -0.4 is 10.3 Å². The maximum absolute atomic E-state index is 12.6. The van der Waals surface area contributed by atoms with Gasteiger partial charge in [-0.05, 0) is 17.7 Å². The Kier molecular flexibility index (Phi) is 2.95. The minimum Gasteiger partial charge on any atom is -0.487 e. The molecule has 0 aliphatic carbocycles. The van der Waals surface area contributed by atoms with Gasteiger partial charge in [-0.2, -0.15) is 5.10 Å². The molecular weight excluding hydrogens is 211 g/mol. The summed E-state index contributed by atoms with van der Waals surface area (Å²) in [6, 6.07) is 7.26. The van der Waals surface area contributed by atoms with Gasteiger partial charge < -0.3 is 4.74 Å². The Labute approximate surface area is 90.7 Å². The molecule has 0 aliphatic heterocycles. The summed E-state index contributed by atoms with van der Waals surface area (Å²) in [5, 5.41) is 5.83. The van der Waals surface area contributed by atoms with Crippen LogP contribution in [0.25, 0.3) is 0 Å². The summed E-state index contributed by atoms with van der Waals surface area (Å²) in [6.07, 6.45) is 1.41. The topological polar surface area (TPSA) is 55.0 Å². The highest BCUT2D eigenvalue weighted by atomic mass is 19.1. The summed E-state index contributed by atoms with van der Waals surface area (Å²) < 4.78 is 17.9. The molecule has 2 aromatic rings. The van der Waals surface area contributed by atoms with Crippen LogP contribution in [-0.4, -0.2) is 10.2 Å². The van der Waals surface area contributed by atoms with Crippen molar-refractivity contribution in [3.63, 3.8) is 0 Å². The summed E-state index contributed by atoms with van der Waals surface area (Å²) in [7, 11) is 0. The summed E-state index contributed by atoms with van der Waals surface area (Å²) >= 11 is 0. The fourth-order valence-electron chi connectivity index (χ4n) is 1.18. The van der Waals surface area contributed by atoms with Gasteiger partial charge in [0.25, 0.3) is 5.56 Å². The normalized spacial score (nSPS) is 10.1. The highest BCUT2D eigenvalue weighted by molar-refractivity contribution is 5.18. The summed E-state index contributed by atoms with van der Waals surface area (Å²) in [4.78, 5) is 10.9. The van der Waals surface area contributed by atoms with E-state index in [-0.39, 0.29) is 18.0 Å². The number of hydrogen-bond acceptors (Lipinski definition) is 3. The highest BCUT2D eigenvalue weighted by Gasteiger charge is 1.97. The lowest BCUT2D eigenvalue weighted by Crippen LogP contribution is -2.07. The fourth-order valence-corrected chi connectivity index (χ4v) is 1.18. The molecule has 1 aromatic heterocycles. The second-order valence-corrected chi connectivity index (χ2v) is 3.20. The molecule has 4 nitrogen and oxygen atoms in total. The maximum Gasteiger partial charge on any atom is 0.267 e. The summed E-state index contributed by atoms with van der Waals surface area (Å²) in [5.74, 6) is 0.0923. The first-order valence-electron chi connectivity index (χ1n) is 4.66. The SMILES string of the molecule is O=c1cc(OCc2ccc(F)cc2)cn[nH]1. The molecule has 82 valence electrons. The van der Waals surface area contributed by atoms with Crippen molar-refractivity contribution in [1.82, 2.24) is 10.2 Å². The molecule has 16 heavy (non-hydrogen) atoms. The van der Waals surface area contributed by atoms with Crippen LogP contribution in [0.15, 0.2) is 41.3 Å². The van der Waals surface area contributed by atoms with Gasteiger partial charge in [0.2, 0.25) is 0 Å². The Balaban J connectivity index is 2.02. The molecule has 1 heterocycles. The number of nitrogens with zero attached hydrogens (tertiary/aromatic N) is 1. The molecule has 0 bridgehead atoms. The number of aromatic nitrogens is 2. The van der Waals surface area contributed by atoms with Gasteiger partial charge in [-0.3, -0.25) is 4.79 Å². The molecule has 0 saturated heterocycles. The third-order valence-corrected chi connectivity index (χ3v) is 1.96. The number of aromatic amines is 1. The van der Waals surface area contributed by atoms with Crippen molar-refractivity contribution in [3.05, 3.63) is 58.3 Å². The minimum atomic E-state index is -0.323. The lowest BCUT2D eigenvalue weighted by atomic mass is 10.2. The van der Waals surface area contributed by atoms with Crippen molar-refractivity contribution in [2.24, 2.45) is 0 Å². The van der Waals surface area contributed by atoms with Gasteiger partial charge in [0, 0.05) is 6.07 Å². The molecule has 2 rings (SSSR count). The van der Waals surface area contributed by atoms with Crippen molar-refractivity contribution in [2.75, 3.05) is 0 Å². The van der Waals surface area contributed by atoms with Crippen LogP contribution in [0.2, 0.25) is 0 Å². The smallest absolute Gasteiger partial charge is 0.267 e. The molecule has 0 saturated carbocycles. The predicted molar refractivity (Wildman–Crippen MR) is 55.6 cm³/mol. The van der Waals surface area contributed by atoms with Crippen LogP contribution >= 0.6 is 0 Å². The first kappa shape index (κ1) is 10.4. The Bertz CT molecular complexity index is 522. The number of rotatable bonds is 3. The average molecular weight is 220 g/mol. The number of hydrogen-bond donors (Lipinski definition) is 1. The zero-order valence-corrected chi connectivity index (χ0v) is 8.31. The van der Waals surface area contributed by atoms with E-state index < -0.39 is 0 Å². The van der Waals surface area contributed by atoms with Gasteiger partial charge in [-0.15, -0.1) is 0 Å². The monoisotopic (exact) mass is 220 g/mol. The average Bonchev–Trinajstić information content (AvgIpc) is 2.28. The Morgan fingerprint density at radius 1 is 1.31 bits per heavy atom. The van der Waals surface area contributed by atoms with Crippen LogP contribution in [0.3, 0.4) is 0 Å². The number of H-pyrrole nitrogens is 1. The molecular formula is C11H9FN2O2. The lowest BCUT2D eigenvalue weighted by Gasteiger charge is -2.04. The molecule has 0 fully saturated rings. The van der Waals surface area contributed by atoms with Gasteiger partial charge in [0.15, 0.2) is 0 Å². The fraction of sp³-hybridized carbons (Fsp3) is 0.0909. The van der Waals surface area contributed by atoms with Gasteiger partial charge in [0.1, 0.15) is 18.2 Å². The molecule has 0 aliphatic rings.